The highest BCUT2D eigenvalue weighted by molar-refractivity contribution is 7.89. The fourth-order valence-electron chi connectivity index (χ4n) is 2.41. The number of aromatic nitrogens is 1. The van der Waals surface area contributed by atoms with Gasteiger partial charge in [0.15, 0.2) is 0 Å². The molecule has 1 aromatic heterocycles. The zero-order chi connectivity index (χ0) is 19.0. The van der Waals surface area contributed by atoms with Gasteiger partial charge in [0.25, 0.3) is 5.91 Å². The molecule has 0 radical (unpaired) electrons. The molecule has 0 saturated heterocycles. The van der Waals surface area contributed by atoms with Gasteiger partial charge in [0.2, 0.25) is 10.0 Å². The second-order valence-corrected chi connectivity index (χ2v) is 8.11. The number of sulfonamides is 1. The second-order valence-electron chi connectivity index (χ2n) is 6.07. The molecule has 0 aliphatic rings. The number of amides is 1. The first-order valence-electron chi connectivity index (χ1n) is 8.68. The van der Waals surface area contributed by atoms with Gasteiger partial charge >= 0.3 is 0 Å². The Hall–Kier alpha value is -2.25. The first kappa shape index (κ1) is 20.1. The number of benzene rings is 1. The van der Waals surface area contributed by atoms with E-state index in [0.29, 0.717) is 25.1 Å². The molecule has 0 aliphatic heterocycles. The van der Waals surface area contributed by atoms with Crippen LogP contribution in [0.1, 0.15) is 35.7 Å². The molecule has 0 fully saturated rings. The maximum Gasteiger partial charge on any atom is 0.251 e. The smallest absolute Gasteiger partial charge is 0.251 e. The number of nitrogens with one attached hydrogen (secondary N) is 1. The summed E-state index contributed by atoms with van der Waals surface area (Å²) in [5, 5.41) is 2.80. The van der Waals surface area contributed by atoms with Crippen LogP contribution in [-0.4, -0.2) is 43.8 Å². The van der Waals surface area contributed by atoms with Crippen molar-refractivity contribution < 1.29 is 13.2 Å². The van der Waals surface area contributed by atoms with E-state index in [1.165, 1.54) is 16.4 Å². The zero-order valence-corrected chi connectivity index (χ0v) is 16.0. The van der Waals surface area contributed by atoms with E-state index in [-0.39, 0.29) is 10.8 Å². The number of carbonyl (C=O) groups is 1. The van der Waals surface area contributed by atoms with Crippen LogP contribution in [0, 0.1) is 0 Å². The van der Waals surface area contributed by atoms with E-state index in [4.69, 9.17) is 0 Å². The highest BCUT2D eigenvalue weighted by atomic mass is 32.2. The summed E-state index contributed by atoms with van der Waals surface area (Å²) in [6.45, 7) is 2.97. The molecular formula is C19H25N3O3S. The topological polar surface area (TPSA) is 79.4 Å². The summed E-state index contributed by atoms with van der Waals surface area (Å²) in [5.41, 5.74) is 1.37. The maximum absolute atomic E-state index is 12.8. The summed E-state index contributed by atoms with van der Waals surface area (Å²) < 4.78 is 26.8. The number of carbonyl (C=O) groups excluding carboxylic acids is 1. The van der Waals surface area contributed by atoms with Crippen LogP contribution in [0.4, 0.5) is 0 Å². The lowest BCUT2D eigenvalue weighted by molar-refractivity contribution is 0.0953. The van der Waals surface area contributed by atoms with E-state index < -0.39 is 10.0 Å². The number of hydrogen-bond acceptors (Lipinski definition) is 4. The number of likely N-dealkylation sites (N-methyl/N-ethyl adjacent to an activating group) is 1. The van der Waals surface area contributed by atoms with Crippen molar-refractivity contribution in [3.63, 3.8) is 0 Å². The van der Waals surface area contributed by atoms with Gasteiger partial charge in [-0.05, 0) is 48.7 Å². The van der Waals surface area contributed by atoms with Gasteiger partial charge in [0, 0.05) is 38.1 Å². The predicted octanol–water partition coefficient (Wildman–Crippen LogP) is 2.47. The van der Waals surface area contributed by atoms with Crippen LogP contribution in [-0.2, 0) is 16.4 Å². The Morgan fingerprint density at radius 1 is 1.19 bits per heavy atom. The van der Waals surface area contributed by atoms with Crippen LogP contribution in [0.5, 0.6) is 0 Å². The third kappa shape index (κ3) is 5.37. The molecule has 0 aliphatic carbocycles. The minimum atomic E-state index is -3.65. The molecule has 1 aromatic carbocycles. The van der Waals surface area contributed by atoms with Crippen LogP contribution in [0.3, 0.4) is 0 Å². The molecule has 2 aromatic rings. The summed E-state index contributed by atoms with van der Waals surface area (Å²) >= 11 is 0. The van der Waals surface area contributed by atoms with Gasteiger partial charge in [-0.15, -0.1) is 0 Å². The van der Waals surface area contributed by atoms with Crippen molar-refractivity contribution in [1.82, 2.24) is 14.6 Å². The van der Waals surface area contributed by atoms with E-state index in [2.05, 4.69) is 10.3 Å². The largest absolute Gasteiger partial charge is 0.352 e. The Bertz CT molecular complexity index is 823. The molecule has 1 amide bonds. The maximum atomic E-state index is 12.8. The van der Waals surface area contributed by atoms with Crippen molar-refractivity contribution in [3.8, 4) is 0 Å². The van der Waals surface area contributed by atoms with E-state index in [9.17, 15) is 13.2 Å². The van der Waals surface area contributed by atoms with Gasteiger partial charge in [0.05, 0.1) is 4.90 Å². The van der Waals surface area contributed by atoms with Crippen molar-refractivity contribution >= 4 is 15.9 Å². The molecule has 1 N–H and O–H groups in total. The van der Waals surface area contributed by atoms with E-state index in [0.717, 1.165) is 18.4 Å². The Morgan fingerprint density at radius 2 is 1.92 bits per heavy atom. The molecule has 0 saturated carbocycles. The van der Waals surface area contributed by atoms with Crippen molar-refractivity contribution in [3.05, 3.63) is 59.9 Å². The Balaban J connectivity index is 2.07. The van der Waals surface area contributed by atoms with Gasteiger partial charge in [-0.1, -0.05) is 19.4 Å². The molecule has 1 heterocycles. The van der Waals surface area contributed by atoms with Crippen LogP contribution < -0.4 is 5.32 Å². The van der Waals surface area contributed by atoms with E-state index in [1.807, 2.05) is 19.1 Å². The molecular weight excluding hydrogens is 350 g/mol. The fraction of sp³-hybridized carbons (Fsp3) is 0.368. The summed E-state index contributed by atoms with van der Waals surface area (Å²) in [4.78, 5) is 16.2. The molecule has 0 spiro atoms. The molecule has 7 heteroatoms. The van der Waals surface area contributed by atoms with E-state index in [1.54, 1.807) is 31.6 Å². The molecule has 0 bridgehead atoms. The van der Waals surface area contributed by atoms with Gasteiger partial charge in [0.1, 0.15) is 0 Å². The lowest BCUT2D eigenvalue weighted by Crippen LogP contribution is -2.29. The Morgan fingerprint density at radius 3 is 2.62 bits per heavy atom. The Kier molecular flexibility index (Phi) is 7.29. The van der Waals surface area contributed by atoms with Crippen LogP contribution in [0.25, 0.3) is 0 Å². The predicted molar refractivity (Wildman–Crippen MR) is 101 cm³/mol. The first-order valence-corrected chi connectivity index (χ1v) is 10.1. The quantitative estimate of drug-likeness (QED) is 0.683. The Labute approximate surface area is 155 Å². The average Bonchev–Trinajstić information content (AvgIpc) is 2.67. The SMILES string of the molecule is CCCCNC(=O)c1cccc(S(=O)(=O)N(C)CCc2ccncc2)c1. The van der Waals surface area contributed by atoms with Crippen molar-refractivity contribution in [1.29, 1.82) is 0 Å². The van der Waals surface area contributed by atoms with Crippen molar-refractivity contribution in [2.45, 2.75) is 31.1 Å². The molecule has 26 heavy (non-hydrogen) atoms. The lowest BCUT2D eigenvalue weighted by Gasteiger charge is -2.17. The highest BCUT2D eigenvalue weighted by Gasteiger charge is 2.21. The highest BCUT2D eigenvalue weighted by Crippen LogP contribution is 2.16. The summed E-state index contributed by atoms with van der Waals surface area (Å²) in [5.74, 6) is -0.255. The standard InChI is InChI=1S/C19H25N3O3S/c1-3-4-11-21-19(23)17-6-5-7-18(15-17)26(24,25)22(2)14-10-16-8-12-20-13-9-16/h5-9,12-13,15H,3-4,10-11,14H2,1-2H3,(H,21,23). The van der Waals surface area contributed by atoms with Gasteiger partial charge in [-0.25, -0.2) is 12.7 Å². The minimum absolute atomic E-state index is 0.123. The number of hydrogen-bond donors (Lipinski definition) is 1. The van der Waals surface area contributed by atoms with Gasteiger partial charge in [-0.2, -0.15) is 0 Å². The summed E-state index contributed by atoms with van der Waals surface area (Å²) in [6, 6.07) is 9.89. The molecule has 0 unspecified atom stereocenters. The molecule has 6 nitrogen and oxygen atoms in total. The monoisotopic (exact) mass is 375 g/mol. The third-order valence-electron chi connectivity index (χ3n) is 4.09. The second kappa shape index (κ2) is 9.45. The zero-order valence-electron chi connectivity index (χ0n) is 15.2. The van der Waals surface area contributed by atoms with Gasteiger partial charge < -0.3 is 5.32 Å². The molecule has 2 rings (SSSR count). The summed E-state index contributed by atoms with van der Waals surface area (Å²) in [7, 11) is -2.11. The number of nitrogens with zero attached hydrogens (tertiary/aromatic N) is 2. The number of rotatable bonds is 9. The van der Waals surface area contributed by atoms with Crippen molar-refractivity contribution in [2.75, 3.05) is 20.1 Å². The third-order valence-corrected chi connectivity index (χ3v) is 5.94. The average molecular weight is 375 g/mol. The van der Waals surface area contributed by atoms with Crippen molar-refractivity contribution in [2.24, 2.45) is 0 Å². The summed E-state index contributed by atoms with van der Waals surface area (Å²) in [6.07, 6.45) is 5.84. The fourth-order valence-corrected chi connectivity index (χ4v) is 3.63. The number of unbranched alkanes of at least 4 members (excludes halogenated alkanes) is 1. The van der Waals surface area contributed by atoms with E-state index >= 15 is 0 Å². The number of pyridine rings is 1. The van der Waals surface area contributed by atoms with Crippen LogP contribution >= 0.6 is 0 Å². The lowest BCUT2D eigenvalue weighted by atomic mass is 10.2. The van der Waals surface area contributed by atoms with Gasteiger partial charge in [-0.3, -0.25) is 9.78 Å². The normalized spacial score (nSPS) is 11.5. The van der Waals surface area contributed by atoms with Crippen LogP contribution in [0.15, 0.2) is 53.7 Å². The molecule has 0 atom stereocenters. The van der Waals surface area contributed by atoms with Crippen LogP contribution in [0.2, 0.25) is 0 Å². The first-order chi connectivity index (χ1) is 12.4. The molecule has 140 valence electrons. The minimum Gasteiger partial charge on any atom is -0.352 e.